The van der Waals surface area contributed by atoms with Crippen molar-refractivity contribution in [2.75, 3.05) is 39.4 Å². The van der Waals surface area contributed by atoms with Gasteiger partial charge in [-0.25, -0.2) is 0 Å². The molecule has 1 saturated heterocycles. The molecule has 0 aromatic heterocycles. The SMILES string of the molecule is O=C(CN1CCOc2ccccc2C1)N1CCOC(c2ccccc2)C1. The van der Waals surface area contributed by atoms with Gasteiger partial charge in [0.25, 0.3) is 0 Å². The number of benzene rings is 2. The van der Waals surface area contributed by atoms with E-state index in [-0.39, 0.29) is 12.0 Å². The molecule has 0 N–H and O–H groups in total. The van der Waals surface area contributed by atoms with Crippen LogP contribution in [0.1, 0.15) is 17.2 Å². The molecular weight excluding hydrogens is 328 g/mol. The fraction of sp³-hybridized carbons (Fsp3) is 0.381. The normalized spacial score (nSPS) is 20.8. The molecule has 2 aromatic carbocycles. The molecule has 2 aliphatic heterocycles. The lowest BCUT2D eigenvalue weighted by atomic mass is 10.1. The molecule has 1 atom stereocenters. The van der Waals surface area contributed by atoms with E-state index < -0.39 is 0 Å². The summed E-state index contributed by atoms with van der Waals surface area (Å²) in [6.07, 6.45) is -0.0397. The summed E-state index contributed by atoms with van der Waals surface area (Å²) < 4.78 is 11.7. The van der Waals surface area contributed by atoms with Crippen molar-refractivity contribution in [2.24, 2.45) is 0 Å². The fourth-order valence-corrected chi connectivity index (χ4v) is 3.55. The van der Waals surface area contributed by atoms with E-state index in [1.54, 1.807) is 0 Å². The van der Waals surface area contributed by atoms with Gasteiger partial charge in [-0.1, -0.05) is 48.5 Å². The zero-order valence-corrected chi connectivity index (χ0v) is 14.8. The van der Waals surface area contributed by atoms with Gasteiger partial charge in [0, 0.05) is 25.2 Å². The van der Waals surface area contributed by atoms with Crippen LogP contribution in [0.15, 0.2) is 54.6 Å². The number of ether oxygens (including phenoxy) is 2. The molecule has 1 fully saturated rings. The van der Waals surface area contributed by atoms with Crippen molar-refractivity contribution in [3.8, 4) is 5.75 Å². The number of fused-ring (bicyclic) bond motifs is 1. The first-order valence-electron chi connectivity index (χ1n) is 9.17. The van der Waals surface area contributed by atoms with Crippen LogP contribution in [0, 0.1) is 0 Å². The monoisotopic (exact) mass is 352 g/mol. The van der Waals surface area contributed by atoms with Crippen molar-refractivity contribution in [1.82, 2.24) is 9.80 Å². The summed E-state index contributed by atoms with van der Waals surface area (Å²) in [6, 6.07) is 18.2. The third kappa shape index (κ3) is 3.89. The van der Waals surface area contributed by atoms with Crippen molar-refractivity contribution < 1.29 is 14.3 Å². The maximum absolute atomic E-state index is 12.9. The van der Waals surface area contributed by atoms with Crippen molar-refractivity contribution in [3.63, 3.8) is 0 Å². The van der Waals surface area contributed by atoms with Crippen LogP contribution in [0.2, 0.25) is 0 Å². The highest BCUT2D eigenvalue weighted by Gasteiger charge is 2.27. The van der Waals surface area contributed by atoms with Gasteiger partial charge in [0.1, 0.15) is 18.5 Å². The highest BCUT2D eigenvalue weighted by atomic mass is 16.5. The van der Waals surface area contributed by atoms with E-state index in [0.717, 1.165) is 30.0 Å². The van der Waals surface area contributed by atoms with E-state index in [4.69, 9.17) is 9.47 Å². The van der Waals surface area contributed by atoms with E-state index in [1.807, 2.05) is 41.3 Å². The van der Waals surface area contributed by atoms with Gasteiger partial charge in [0.15, 0.2) is 0 Å². The second-order valence-electron chi connectivity index (χ2n) is 6.78. The van der Waals surface area contributed by atoms with E-state index in [0.29, 0.717) is 32.8 Å². The minimum Gasteiger partial charge on any atom is -0.492 e. The molecule has 2 aliphatic rings. The van der Waals surface area contributed by atoms with Crippen LogP contribution in [0.5, 0.6) is 5.75 Å². The topological polar surface area (TPSA) is 42.0 Å². The van der Waals surface area contributed by atoms with Crippen LogP contribution in [-0.2, 0) is 16.1 Å². The zero-order chi connectivity index (χ0) is 17.8. The zero-order valence-electron chi connectivity index (χ0n) is 14.8. The van der Waals surface area contributed by atoms with E-state index in [1.165, 1.54) is 0 Å². The Bertz CT molecular complexity index is 750. The van der Waals surface area contributed by atoms with Gasteiger partial charge in [-0.3, -0.25) is 9.69 Å². The minimum atomic E-state index is -0.0397. The molecule has 136 valence electrons. The number of morpholine rings is 1. The van der Waals surface area contributed by atoms with Crippen LogP contribution >= 0.6 is 0 Å². The van der Waals surface area contributed by atoms with E-state index >= 15 is 0 Å². The maximum Gasteiger partial charge on any atom is 0.236 e. The van der Waals surface area contributed by atoms with Crippen molar-refractivity contribution in [3.05, 3.63) is 65.7 Å². The predicted molar refractivity (Wildman–Crippen MR) is 98.9 cm³/mol. The average Bonchev–Trinajstić information content (AvgIpc) is 2.90. The summed E-state index contributed by atoms with van der Waals surface area (Å²) >= 11 is 0. The second kappa shape index (κ2) is 7.89. The van der Waals surface area contributed by atoms with E-state index in [2.05, 4.69) is 23.1 Å². The van der Waals surface area contributed by atoms with Gasteiger partial charge >= 0.3 is 0 Å². The lowest BCUT2D eigenvalue weighted by Gasteiger charge is -2.34. The molecule has 0 bridgehead atoms. The van der Waals surface area contributed by atoms with Gasteiger partial charge in [0.2, 0.25) is 5.91 Å². The molecule has 5 nitrogen and oxygen atoms in total. The number of carbonyl (C=O) groups excluding carboxylic acids is 1. The maximum atomic E-state index is 12.9. The molecule has 0 spiro atoms. The first kappa shape index (κ1) is 17.1. The van der Waals surface area contributed by atoms with Crippen LogP contribution in [0.25, 0.3) is 0 Å². The van der Waals surface area contributed by atoms with Gasteiger partial charge < -0.3 is 14.4 Å². The number of carbonyl (C=O) groups is 1. The first-order valence-corrected chi connectivity index (χ1v) is 9.17. The van der Waals surface area contributed by atoms with Crippen LogP contribution in [0.3, 0.4) is 0 Å². The Labute approximate surface area is 154 Å². The lowest BCUT2D eigenvalue weighted by Crippen LogP contribution is -2.46. The summed E-state index contributed by atoms with van der Waals surface area (Å²) in [5.41, 5.74) is 2.27. The highest BCUT2D eigenvalue weighted by molar-refractivity contribution is 5.78. The molecule has 1 amide bonds. The first-order chi connectivity index (χ1) is 12.8. The van der Waals surface area contributed by atoms with Crippen LogP contribution in [0.4, 0.5) is 0 Å². The quantitative estimate of drug-likeness (QED) is 0.851. The smallest absolute Gasteiger partial charge is 0.236 e. The van der Waals surface area contributed by atoms with Crippen molar-refractivity contribution >= 4 is 5.91 Å². The summed E-state index contributed by atoms with van der Waals surface area (Å²) in [6.45, 7) is 4.38. The molecule has 2 heterocycles. The molecular formula is C21H24N2O3. The largest absolute Gasteiger partial charge is 0.492 e. The summed E-state index contributed by atoms with van der Waals surface area (Å²) in [5.74, 6) is 1.09. The summed E-state index contributed by atoms with van der Waals surface area (Å²) in [7, 11) is 0. The Kier molecular flexibility index (Phi) is 5.18. The fourth-order valence-electron chi connectivity index (χ4n) is 3.55. The number of rotatable bonds is 3. The molecule has 4 rings (SSSR count). The minimum absolute atomic E-state index is 0.0397. The second-order valence-corrected chi connectivity index (χ2v) is 6.78. The molecule has 26 heavy (non-hydrogen) atoms. The predicted octanol–water partition coefficient (Wildman–Crippen LogP) is 2.48. The Morgan fingerprint density at radius 3 is 2.69 bits per heavy atom. The number of hydrogen-bond acceptors (Lipinski definition) is 4. The Hall–Kier alpha value is -2.37. The number of hydrogen-bond donors (Lipinski definition) is 0. The van der Waals surface area contributed by atoms with Crippen molar-refractivity contribution in [2.45, 2.75) is 12.6 Å². The molecule has 0 aliphatic carbocycles. The van der Waals surface area contributed by atoms with Crippen molar-refractivity contribution in [1.29, 1.82) is 0 Å². The third-order valence-corrected chi connectivity index (χ3v) is 4.98. The van der Waals surface area contributed by atoms with Gasteiger partial charge in [-0.15, -0.1) is 0 Å². The van der Waals surface area contributed by atoms with Crippen LogP contribution in [-0.4, -0.2) is 55.1 Å². The molecule has 5 heteroatoms. The van der Waals surface area contributed by atoms with E-state index in [9.17, 15) is 4.79 Å². The third-order valence-electron chi connectivity index (χ3n) is 4.98. The molecule has 0 saturated carbocycles. The number of para-hydroxylation sites is 1. The average molecular weight is 352 g/mol. The summed E-state index contributed by atoms with van der Waals surface area (Å²) in [5, 5.41) is 0. The molecule has 1 unspecified atom stereocenters. The Morgan fingerprint density at radius 1 is 1.00 bits per heavy atom. The number of amides is 1. The van der Waals surface area contributed by atoms with Crippen LogP contribution < -0.4 is 4.74 Å². The molecule has 2 aromatic rings. The Balaban J connectivity index is 1.38. The van der Waals surface area contributed by atoms with Gasteiger partial charge in [0.05, 0.1) is 19.7 Å². The Morgan fingerprint density at radius 2 is 1.81 bits per heavy atom. The lowest BCUT2D eigenvalue weighted by molar-refractivity contribution is -0.140. The summed E-state index contributed by atoms with van der Waals surface area (Å²) in [4.78, 5) is 17.0. The highest BCUT2D eigenvalue weighted by Crippen LogP contribution is 2.24. The van der Waals surface area contributed by atoms with Gasteiger partial charge in [-0.05, 0) is 11.6 Å². The van der Waals surface area contributed by atoms with Gasteiger partial charge in [-0.2, -0.15) is 0 Å². The standard InChI is InChI=1S/C21H24N2O3/c24-21(16-22-10-12-25-19-9-5-4-8-18(19)14-22)23-11-13-26-20(15-23)17-6-2-1-3-7-17/h1-9,20H,10-16H2. The number of nitrogens with zero attached hydrogens (tertiary/aromatic N) is 2. The molecule has 0 radical (unpaired) electrons.